The number of Topliss-reactive ketones (excluding diaryl/α,β-unsaturated/α-hetero) is 1. The van der Waals surface area contributed by atoms with Crippen molar-refractivity contribution >= 4 is 121 Å². The monoisotopic (exact) mass is 1120 g/mol. The van der Waals surface area contributed by atoms with Crippen molar-refractivity contribution in [1.29, 1.82) is 0 Å². The van der Waals surface area contributed by atoms with Crippen LogP contribution >= 0.6 is 63.7 Å². The lowest BCUT2D eigenvalue weighted by molar-refractivity contribution is -0.112. The topological polar surface area (TPSA) is 232 Å². The number of aromatic nitrogens is 4. The molecule has 15 nitrogen and oxygen atoms in total. The third-order valence-corrected chi connectivity index (χ3v) is 10.8. The number of halogens is 8. The number of nitrogens with two attached hydrogens (primary N) is 1. The van der Waals surface area contributed by atoms with Crippen LogP contribution in [0.2, 0.25) is 0 Å². The number of fused-ring (bicyclic) bond motifs is 3. The van der Waals surface area contributed by atoms with Gasteiger partial charge in [0.1, 0.15) is 23.3 Å². The number of benzene rings is 4. The fourth-order valence-electron chi connectivity index (χ4n) is 5.49. The number of hydrogen-bond acceptors (Lipinski definition) is 10. The molecule has 1 amide bonds. The van der Waals surface area contributed by atoms with Crippen LogP contribution in [0.15, 0.2) is 72.5 Å². The summed E-state index contributed by atoms with van der Waals surface area (Å²) in [5.41, 5.74) is 6.75. The largest absolute Gasteiger partial charge is 0.476 e. The quantitative estimate of drug-likeness (QED) is 0.0410. The van der Waals surface area contributed by atoms with E-state index in [1.54, 1.807) is 19.1 Å². The van der Waals surface area contributed by atoms with Crippen molar-refractivity contribution in [3.05, 3.63) is 113 Å². The number of nitrogens with zero attached hydrogens (tertiary/aromatic N) is 3. The highest BCUT2D eigenvalue weighted by Crippen LogP contribution is 2.32. The second kappa shape index (κ2) is 22.5. The van der Waals surface area contributed by atoms with Crippen LogP contribution in [-0.4, -0.2) is 78.4 Å². The summed E-state index contributed by atoms with van der Waals surface area (Å²) in [6.45, 7) is 4.61. The third-order valence-electron chi connectivity index (χ3n) is 8.30. The zero-order valence-corrected chi connectivity index (χ0v) is 38.5. The van der Waals surface area contributed by atoms with Crippen LogP contribution < -0.4 is 11.1 Å². The zero-order chi connectivity index (χ0) is 46.0. The zero-order valence-electron chi connectivity index (χ0n) is 32.1. The van der Waals surface area contributed by atoms with Gasteiger partial charge in [0, 0.05) is 41.8 Å². The van der Waals surface area contributed by atoms with E-state index in [-0.39, 0.29) is 48.1 Å². The highest BCUT2D eigenvalue weighted by molar-refractivity contribution is 9.11. The van der Waals surface area contributed by atoms with Crippen LogP contribution in [0.1, 0.15) is 70.7 Å². The predicted molar refractivity (Wildman–Crippen MR) is 233 cm³/mol. The minimum absolute atomic E-state index is 0.0881. The number of hydrogen-bond donors (Lipinski definition) is 6. The highest BCUT2D eigenvalue weighted by Gasteiger charge is 2.29. The van der Waals surface area contributed by atoms with E-state index >= 15 is 0 Å². The number of aromatic carboxylic acids is 2. The molecule has 6 aromatic rings. The molecule has 62 heavy (non-hydrogen) atoms. The summed E-state index contributed by atoms with van der Waals surface area (Å²) < 4.78 is 64.9. The first-order chi connectivity index (χ1) is 29.2. The molecule has 2 aromatic heterocycles. The van der Waals surface area contributed by atoms with Crippen LogP contribution in [0.25, 0.3) is 21.8 Å². The molecule has 1 saturated heterocycles. The number of nitrogens with one attached hydrogen (secondary N) is 2. The van der Waals surface area contributed by atoms with Gasteiger partial charge in [-0.15, -0.1) is 0 Å². The van der Waals surface area contributed by atoms with E-state index in [1.807, 2.05) is 6.92 Å². The van der Waals surface area contributed by atoms with E-state index in [0.717, 1.165) is 25.3 Å². The number of amides is 1. The lowest BCUT2D eigenvalue weighted by atomic mass is 10.1. The molecule has 2 aliphatic rings. The molecule has 4 aromatic carbocycles. The maximum atomic E-state index is 13.7. The number of H-pyrrole nitrogens is 1. The third kappa shape index (κ3) is 12.9. The number of anilines is 2. The molecule has 0 radical (unpaired) electrons. The smallest absolute Gasteiger partial charge is 0.357 e. The number of ketones is 1. The van der Waals surface area contributed by atoms with Crippen molar-refractivity contribution in [3.63, 3.8) is 0 Å². The van der Waals surface area contributed by atoms with Gasteiger partial charge >= 0.3 is 11.9 Å². The summed E-state index contributed by atoms with van der Waals surface area (Å²) in [5, 5.41) is 39.5. The fourth-order valence-corrected chi connectivity index (χ4v) is 6.77. The Morgan fingerprint density at radius 2 is 1.47 bits per heavy atom. The molecule has 23 heteroatoms. The molecule has 7 N–H and O–H groups in total. The Morgan fingerprint density at radius 1 is 0.871 bits per heavy atom. The molecule has 0 bridgehead atoms. The number of carboxylic acids is 2. The van der Waals surface area contributed by atoms with E-state index in [2.05, 4.69) is 89.1 Å². The predicted octanol–water partition coefficient (Wildman–Crippen LogP) is 9.75. The Morgan fingerprint density at radius 3 is 2.02 bits per heavy atom. The minimum atomic E-state index is -1.14. The maximum Gasteiger partial charge on any atom is 0.357 e. The minimum Gasteiger partial charge on any atom is -0.476 e. The highest BCUT2D eigenvalue weighted by atomic mass is 79.9. The molecule has 2 atom stereocenters. The molecule has 0 spiro atoms. The normalized spacial score (nSPS) is 14.5. The first kappa shape index (κ1) is 49.9. The lowest BCUT2D eigenvalue weighted by Gasteiger charge is -2.23. The second-order valence-electron chi connectivity index (χ2n) is 12.7. The Bertz CT molecular complexity index is 2620. The molecule has 2 aliphatic heterocycles. The lowest BCUT2D eigenvalue weighted by Crippen LogP contribution is -2.19. The van der Waals surface area contributed by atoms with Gasteiger partial charge in [0.15, 0.2) is 23.9 Å². The number of nitrogen functional groups attached to an aromatic ring is 1. The van der Waals surface area contributed by atoms with Crippen molar-refractivity contribution in [3.8, 4) is 0 Å². The number of aliphatic hydroxyl groups is 1. The number of aromatic amines is 1. The van der Waals surface area contributed by atoms with Gasteiger partial charge in [-0.1, -0.05) is 0 Å². The fraction of sp³-hybridized carbons (Fsp3) is 0.231. The van der Waals surface area contributed by atoms with Crippen LogP contribution in [0, 0.1) is 23.3 Å². The Balaban J connectivity index is 0.000000180. The maximum absolute atomic E-state index is 13.7. The van der Waals surface area contributed by atoms with Crippen molar-refractivity contribution in [2.24, 2.45) is 0 Å². The van der Waals surface area contributed by atoms with Crippen LogP contribution in [0.5, 0.6) is 0 Å². The number of carbonyl (C=O) groups excluding carboxylic acids is 2. The Kier molecular flexibility index (Phi) is 18.1. The first-order valence-electron chi connectivity index (χ1n) is 17.9. The van der Waals surface area contributed by atoms with Gasteiger partial charge in [0.2, 0.25) is 0 Å². The molecule has 2 unspecified atom stereocenters. The average Bonchev–Trinajstić information content (AvgIpc) is 3.88. The first-order valence-corrected chi connectivity index (χ1v) is 21.0. The number of carboxylic acid groups (broad SMARTS) is 2. The number of aliphatic hydroxyl groups excluding tert-OH is 1. The second-order valence-corrected chi connectivity index (χ2v) is 16.1. The van der Waals surface area contributed by atoms with Crippen molar-refractivity contribution in [1.82, 2.24) is 20.0 Å². The Labute approximate surface area is 382 Å². The summed E-state index contributed by atoms with van der Waals surface area (Å²) >= 11 is 12.0. The van der Waals surface area contributed by atoms with Crippen molar-refractivity contribution in [2.45, 2.75) is 45.6 Å². The van der Waals surface area contributed by atoms with Gasteiger partial charge in [-0.2, -0.15) is 10.2 Å². The molecule has 0 aliphatic carbocycles. The number of rotatable bonds is 5. The van der Waals surface area contributed by atoms with E-state index in [9.17, 15) is 41.8 Å². The van der Waals surface area contributed by atoms with Gasteiger partial charge in [-0.3, -0.25) is 14.7 Å². The van der Waals surface area contributed by atoms with Crippen LogP contribution in [0.3, 0.4) is 0 Å². The van der Waals surface area contributed by atoms with Gasteiger partial charge in [0.25, 0.3) is 11.7 Å². The SMILES string of the molecule is CCOC(C)O.Nc1ccc(Br)c(F)c1.O=C(O)c1n[nH]c2cc(F)c(Br)cc12.O=C(O)c1nn(C2CCCCO2)c2cc(F)c(Br)cc12.O=C1Nc2cc(F)c(Br)cc2C1=O. The molecular formula is C39H34Br4F4N6O9. The van der Waals surface area contributed by atoms with E-state index in [0.29, 0.717) is 45.2 Å². The average molecular weight is 1130 g/mol. The molecular weight excluding hydrogens is 1090 g/mol. The van der Waals surface area contributed by atoms with Gasteiger partial charge in [0.05, 0.1) is 40.2 Å². The van der Waals surface area contributed by atoms with E-state index in [1.165, 1.54) is 41.1 Å². The number of carbonyl (C=O) groups is 4. The molecule has 0 saturated carbocycles. The molecule has 8 rings (SSSR count). The van der Waals surface area contributed by atoms with Gasteiger partial charge in [-0.25, -0.2) is 31.8 Å². The van der Waals surface area contributed by atoms with Gasteiger partial charge < -0.3 is 35.8 Å². The summed E-state index contributed by atoms with van der Waals surface area (Å²) in [6, 6.07) is 12.2. The van der Waals surface area contributed by atoms with Crippen LogP contribution in [-0.2, 0) is 14.3 Å². The number of ether oxygens (including phenoxy) is 2. The molecule has 4 heterocycles. The Hall–Kier alpha value is -4.78. The van der Waals surface area contributed by atoms with Gasteiger partial charge in [-0.05, 0) is 139 Å². The van der Waals surface area contributed by atoms with E-state index in [4.69, 9.17) is 20.7 Å². The summed E-state index contributed by atoms with van der Waals surface area (Å²) in [4.78, 5) is 43.9. The summed E-state index contributed by atoms with van der Waals surface area (Å²) in [7, 11) is 0. The van der Waals surface area contributed by atoms with Crippen molar-refractivity contribution in [2.75, 3.05) is 24.3 Å². The van der Waals surface area contributed by atoms with Crippen molar-refractivity contribution < 1.29 is 61.5 Å². The summed E-state index contributed by atoms with van der Waals surface area (Å²) in [6.07, 6.45) is 1.76. The van der Waals surface area contributed by atoms with Crippen LogP contribution in [0.4, 0.5) is 28.9 Å². The summed E-state index contributed by atoms with van der Waals surface area (Å²) in [5.74, 6) is -5.37. The standard InChI is InChI=1S/C13H12BrFN2O3.C8H4BrFN2O2.C8H3BrFNO2.C6H5BrFN.C4H10O2/c14-8-5-7-10(6-9(8)15)17(16-12(7)13(18)19)11-3-1-2-4-20-11;9-4-1-3-6(2-5(4)10)11-12-7(3)8(13)14;9-4-1-3-6(2-5(4)10)11-8(13)7(3)12;7-5-2-1-4(9)3-6(5)8;1-3-6-4(2)5/h5-6,11H,1-4H2,(H,18,19);1-2H,(H,11,12)(H,13,14);1-2H,(H,11,12,13);1-3H,9H2;4-5H,3H2,1-2H3. The molecule has 1 fully saturated rings. The van der Waals surface area contributed by atoms with E-state index < -0.39 is 47.4 Å². The molecule has 330 valence electrons.